The Morgan fingerprint density at radius 1 is 1.45 bits per heavy atom. The second kappa shape index (κ2) is 5.31. The molecule has 0 unspecified atom stereocenters. The highest BCUT2D eigenvalue weighted by Gasteiger charge is 2.55. The molecule has 2 aliphatic heterocycles. The highest BCUT2D eigenvalue weighted by atomic mass is 32.2. The van der Waals surface area contributed by atoms with E-state index in [4.69, 9.17) is 0 Å². The Labute approximate surface area is 130 Å². The molecule has 7 heteroatoms. The number of sulfonamides is 1. The lowest BCUT2D eigenvalue weighted by Crippen LogP contribution is -2.58. The molecule has 0 bridgehead atoms. The largest absolute Gasteiger partial charge is 0.314 e. The molecule has 2 heterocycles. The summed E-state index contributed by atoms with van der Waals surface area (Å²) in [6.45, 7) is 2.74. The molecule has 1 N–H and O–H groups in total. The molecule has 0 aromatic heterocycles. The molecule has 22 heavy (non-hydrogen) atoms. The van der Waals surface area contributed by atoms with Crippen molar-refractivity contribution in [2.45, 2.75) is 31.3 Å². The van der Waals surface area contributed by atoms with Gasteiger partial charge in [-0.3, -0.25) is 9.30 Å². The molecule has 2 aliphatic rings. The predicted octanol–water partition coefficient (Wildman–Crippen LogP) is 1.56. The third-order valence-electron chi connectivity index (χ3n) is 4.51. The van der Waals surface area contributed by atoms with E-state index in [1.54, 1.807) is 19.2 Å². The molecule has 0 aliphatic carbocycles. The van der Waals surface area contributed by atoms with Gasteiger partial charge >= 0.3 is 0 Å². The number of hydrogen-bond donors (Lipinski definition) is 1. The standard InChI is InChI=1S/C15H20FN3O2S/c1-11-9-15(6-7-18-11)14(17-2)10-22(20,21)19(15)13-5-3-4-12(16)8-13/h3-5,8,11,18H,6-7,9-10H2,1-2H3/t11-,15+/m0/s1. The number of nitrogens with zero attached hydrogens (tertiary/aromatic N) is 2. The van der Waals surface area contributed by atoms with E-state index in [1.165, 1.54) is 16.4 Å². The predicted molar refractivity (Wildman–Crippen MR) is 85.5 cm³/mol. The molecule has 2 atom stereocenters. The Morgan fingerprint density at radius 3 is 2.86 bits per heavy atom. The van der Waals surface area contributed by atoms with Gasteiger partial charge in [-0.05, 0) is 44.5 Å². The van der Waals surface area contributed by atoms with Gasteiger partial charge < -0.3 is 5.32 Å². The zero-order chi connectivity index (χ0) is 16.0. The van der Waals surface area contributed by atoms with Gasteiger partial charge in [-0.1, -0.05) is 6.07 Å². The maximum absolute atomic E-state index is 13.6. The van der Waals surface area contributed by atoms with Crippen molar-refractivity contribution in [3.05, 3.63) is 30.1 Å². The SMILES string of the molecule is CN=C1CS(=O)(=O)N(c2cccc(F)c2)[C@@]12CCN[C@@H](C)C2. The monoisotopic (exact) mass is 325 g/mol. The van der Waals surface area contributed by atoms with Crippen molar-refractivity contribution in [1.82, 2.24) is 5.32 Å². The van der Waals surface area contributed by atoms with Gasteiger partial charge in [0.2, 0.25) is 10.0 Å². The topological polar surface area (TPSA) is 61.8 Å². The maximum atomic E-state index is 13.6. The molecule has 1 aromatic rings. The fourth-order valence-corrected chi connectivity index (χ4v) is 5.80. The lowest BCUT2D eigenvalue weighted by atomic mass is 9.80. The van der Waals surface area contributed by atoms with Crippen LogP contribution in [0.2, 0.25) is 0 Å². The maximum Gasteiger partial charge on any atom is 0.241 e. The summed E-state index contributed by atoms with van der Waals surface area (Å²) in [6, 6.07) is 5.96. The number of benzene rings is 1. The van der Waals surface area contributed by atoms with Gasteiger partial charge in [0.1, 0.15) is 11.6 Å². The molecule has 2 fully saturated rings. The first-order chi connectivity index (χ1) is 10.4. The van der Waals surface area contributed by atoms with Gasteiger partial charge in [0, 0.05) is 13.1 Å². The van der Waals surface area contributed by atoms with Crippen molar-refractivity contribution >= 4 is 21.4 Å². The summed E-state index contributed by atoms with van der Waals surface area (Å²) in [7, 11) is -1.91. The van der Waals surface area contributed by atoms with E-state index in [9.17, 15) is 12.8 Å². The Bertz CT molecular complexity index is 719. The molecule has 0 amide bonds. The first-order valence-corrected chi connectivity index (χ1v) is 8.98. The number of aliphatic imine (C=N–C) groups is 1. The highest BCUT2D eigenvalue weighted by molar-refractivity contribution is 7.94. The van der Waals surface area contributed by atoms with Crippen LogP contribution >= 0.6 is 0 Å². The summed E-state index contributed by atoms with van der Waals surface area (Å²) in [5.41, 5.74) is 0.379. The summed E-state index contributed by atoms with van der Waals surface area (Å²) in [5, 5.41) is 3.34. The molecule has 1 spiro atoms. The third kappa shape index (κ3) is 2.32. The molecule has 3 rings (SSSR count). The molecule has 2 saturated heterocycles. The second-order valence-electron chi connectivity index (χ2n) is 6.01. The van der Waals surface area contributed by atoms with Gasteiger partial charge in [-0.2, -0.15) is 0 Å². The smallest absolute Gasteiger partial charge is 0.241 e. The van der Waals surface area contributed by atoms with E-state index in [1.807, 2.05) is 6.92 Å². The summed E-state index contributed by atoms with van der Waals surface area (Å²) in [6.07, 6.45) is 1.27. The molecule has 0 radical (unpaired) electrons. The van der Waals surface area contributed by atoms with Crippen molar-refractivity contribution in [1.29, 1.82) is 0 Å². The molecule has 120 valence electrons. The molecular formula is C15H20FN3O2S. The molecule has 5 nitrogen and oxygen atoms in total. The quantitative estimate of drug-likeness (QED) is 0.852. The minimum Gasteiger partial charge on any atom is -0.314 e. The summed E-state index contributed by atoms with van der Waals surface area (Å²) in [5.74, 6) is -0.529. The normalized spacial score (nSPS) is 32.8. The van der Waals surface area contributed by atoms with E-state index in [-0.39, 0.29) is 11.8 Å². The summed E-state index contributed by atoms with van der Waals surface area (Å²) >= 11 is 0. The Kier molecular flexibility index (Phi) is 3.72. The number of hydrogen-bond acceptors (Lipinski definition) is 4. The van der Waals surface area contributed by atoms with E-state index < -0.39 is 21.4 Å². The number of nitrogens with one attached hydrogen (secondary N) is 1. The van der Waals surface area contributed by atoms with Crippen LogP contribution in [0.5, 0.6) is 0 Å². The van der Waals surface area contributed by atoms with Crippen LogP contribution in [0.15, 0.2) is 29.3 Å². The van der Waals surface area contributed by atoms with Gasteiger partial charge in [0.25, 0.3) is 0 Å². The number of halogens is 1. The van der Waals surface area contributed by atoms with Gasteiger partial charge in [-0.25, -0.2) is 12.8 Å². The Balaban J connectivity index is 2.18. The number of anilines is 1. The van der Waals surface area contributed by atoms with E-state index in [2.05, 4.69) is 10.3 Å². The Morgan fingerprint density at radius 2 is 2.23 bits per heavy atom. The van der Waals surface area contributed by atoms with Crippen LogP contribution in [0.1, 0.15) is 19.8 Å². The first-order valence-electron chi connectivity index (χ1n) is 7.37. The zero-order valence-corrected chi connectivity index (χ0v) is 13.5. The van der Waals surface area contributed by atoms with Crippen LogP contribution in [0.25, 0.3) is 0 Å². The molecular weight excluding hydrogens is 305 g/mol. The van der Waals surface area contributed by atoms with Gasteiger partial charge in [0.15, 0.2) is 0 Å². The zero-order valence-electron chi connectivity index (χ0n) is 12.7. The summed E-state index contributed by atoms with van der Waals surface area (Å²) < 4.78 is 40.5. The fourth-order valence-electron chi connectivity index (χ4n) is 3.69. The van der Waals surface area contributed by atoms with E-state index in [0.29, 0.717) is 30.8 Å². The van der Waals surface area contributed by atoms with Crippen molar-refractivity contribution < 1.29 is 12.8 Å². The molecule has 0 saturated carbocycles. The van der Waals surface area contributed by atoms with E-state index in [0.717, 1.165) is 0 Å². The van der Waals surface area contributed by atoms with Crippen molar-refractivity contribution in [2.24, 2.45) is 4.99 Å². The molecule has 1 aromatic carbocycles. The average molecular weight is 325 g/mol. The van der Waals surface area contributed by atoms with Crippen LogP contribution in [0.4, 0.5) is 10.1 Å². The van der Waals surface area contributed by atoms with Crippen molar-refractivity contribution in [3.63, 3.8) is 0 Å². The van der Waals surface area contributed by atoms with Crippen molar-refractivity contribution in [3.8, 4) is 0 Å². The van der Waals surface area contributed by atoms with Gasteiger partial charge in [0.05, 0.1) is 16.9 Å². The third-order valence-corrected chi connectivity index (χ3v) is 6.27. The lowest BCUT2D eigenvalue weighted by molar-refractivity contribution is 0.339. The lowest BCUT2D eigenvalue weighted by Gasteiger charge is -2.43. The minimum atomic E-state index is -3.54. The second-order valence-corrected chi connectivity index (χ2v) is 7.83. The number of rotatable bonds is 1. The van der Waals surface area contributed by atoms with Crippen LogP contribution < -0.4 is 9.62 Å². The van der Waals surface area contributed by atoms with Crippen LogP contribution in [-0.4, -0.2) is 45.1 Å². The first kappa shape index (κ1) is 15.4. The average Bonchev–Trinajstić information content (AvgIpc) is 2.65. The minimum absolute atomic E-state index is 0.0905. The van der Waals surface area contributed by atoms with Crippen LogP contribution in [0, 0.1) is 5.82 Å². The van der Waals surface area contributed by atoms with Crippen LogP contribution in [0.3, 0.4) is 0 Å². The fraction of sp³-hybridized carbons (Fsp3) is 0.533. The van der Waals surface area contributed by atoms with Crippen molar-refractivity contribution in [2.75, 3.05) is 23.7 Å². The summed E-state index contributed by atoms with van der Waals surface area (Å²) in [4.78, 5) is 4.27. The van der Waals surface area contributed by atoms with E-state index >= 15 is 0 Å². The Hall–Kier alpha value is -1.47. The van der Waals surface area contributed by atoms with Gasteiger partial charge in [-0.15, -0.1) is 0 Å². The number of piperidine rings is 1. The van der Waals surface area contributed by atoms with Crippen LogP contribution in [-0.2, 0) is 10.0 Å². The highest BCUT2D eigenvalue weighted by Crippen LogP contribution is 2.42.